The van der Waals surface area contributed by atoms with Gasteiger partial charge in [-0.15, -0.1) is 0 Å². The molecule has 0 radical (unpaired) electrons. The van der Waals surface area contributed by atoms with Crippen LogP contribution in [-0.2, 0) is 10.0 Å². The fraction of sp³-hybridized carbons (Fsp3) is 0.571. The molecule has 0 saturated heterocycles. The summed E-state index contributed by atoms with van der Waals surface area (Å²) >= 11 is 0. The molecule has 4 N–H and O–H groups in total. The van der Waals surface area contributed by atoms with Crippen molar-refractivity contribution in [1.29, 1.82) is 5.41 Å². The van der Waals surface area contributed by atoms with Crippen LogP contribution in [0.1, 0.15) is 13.3 Å². The van der Waals surface area contributed by atoms with Crippen molar-refractivity contribution in [3.8, 4) is 0 Å². The largest absolute Gasteiger partial charge is 0.379 e. The fourth-order valence-electron chi connectivity index (χ4n) is 1.73. The highest BCUT2D eigenvalue weighted by atomic mass is 32.2. The van der Waals surface area contributed by atoms with Crippen molar-refractivity contribution < 1.29 is 8.42 Å². The molecule has 0 amide bonds. The summed E-state index contributed by atoms with van der Waals surface area (Å²) in [6.07, 6.45) is 7.85. The minimum absolute atomic E-state index is 0.349. The molecule has 9 heteroatoms. The molecule has 8 nitrogen and oxygen atoms in total. The van der Waals surface area contributed by atoms with Crippen LogP contribution in [0.4, 0.5) is 0 Å². The van der Waals surface area contributed by atoms with Crippen LogP contribution in [0.2, 0.25) is 0 Å². The number of hydrogen-bond acceptors (Lipinski definition) is 5. The van der Waals surface area contributed by atoms with Crippen LogP contribution in [0.25, 0.3) is 0 Å². The molecule has 0 fully saturated rings. The van der Waals surface area contributed by atoms with Gasteiger partial charge in [-0.2, -0.15) is 0 Å². The summed E-state index contributed by atoms with van der Waals surface area (Å²) in [6, 6.07) is 0. The number of hydrogen-bond donors (Lipinski definition) is 4. The van der Waals surface area contributed by atoms with Crippen molar-refractivity contribution in [2.24, 2.45) is 4.99 Å². The number of rotatable bonds is 12. The Bertz CT molecular complexity index is 539. The lowest BCUT2D eigenvalue weighted by Crippen LogP contribution is -2.26. The third kappa shape index (κ3) is 9.69. The van der Waals surface area contributed by atoms with E-state index >= 15 is 0 Å². The molecule has 0 spiro atoms. The summed E-state index contributed by atoms with van der Waals surface area (Å²) in [6.45, 7) is 3.16. The number of allylic oxidation sites excluding steroid dienone is 1. The van der Waals surface area contributed by atoms with Crippen LogP contribution in [0.3, 0.4) is 0 Å². The molecule has 0 rings (SSSR count). The van der Waals surface area contributed by atoms with E-state index in [4.69, 9.17) is 5.41 Å². The highest BCUT2D eigenvalue weighted by molar-refractivity contribution is 7.88. The fourth-order valence-corrected chi connectivity index (χ4v) is 2.54. The van der Waals surface area contributed by atoms with E-state index in [1.165, 1.54) is 10.6 Å². The van der Waals surface area contributed by atoms with E-state index in [9.17, 15) is 8.42 Å². The maximum Gasteiger partial charge on any atom is 0.231 e. The van der Waals surface area contributed by atoms with Crippen LogP contribution < -0.4 is 16.0 Å². The molecule has 0 atom stereocenters. The van der Waals surface area contributed by atoms with Crippen molar-refractivity contribution in [3.63, 3.8) is 0 Å². The van der Waals surface area contributed by atoms with Gasteiger partial charge in [-0.05, 0) is 25.6 Å². The van der Waals surface area contributed by atoms with E-state index in [-0.39, 0.29) is 0 Å². The molecule has 0 aliphatic heterocycles. The Labute approximate surface area is 139 Å². The first-order valence-corrected chi connectivity index (χ1v) is 9.16. The third-order valence-electron chi connectivity index (χ3n) is 2.80. The van der Waals surface area contributed by atoms with Gasteiger partial charge in [0.15, 0.2) is 0 Å². The van der Waals surface area contributed by atoms with E-state index in [0.717, 1.165) is 17.6 Å². The van der Waals surface area contributed by atoms with Crippen LogP contribution in [0.15, 0.2) is 28.5 Å². The topological polar surface area (TPSA) is 110 Å². The zero-order valence-electron chi connectivity index (χ0n) is 14.3. The summed E-state index contributed by atoms with van der Waals surface area (Å²) in [5, 5.41) is 15.7. The van der Waals surface area contributed by atoms with Gasteiger partial charge in [-0.1, -0.05) is 0 Å². The normalized spacial score (nSPS) is 13.2. The second kappa shape index (κ2) is 11.7. The summed E-state index contributed by atoms with van der Waals surface area (Å²) < 4.78 is 24.8. The van der Waals surface area contributed by atoms with E-state index < -0.39 is 10.0 Å². The van der Waals surface area contributed by atoms with Gasteiger partial charge in [0.05, 0.1) is 18.9 Å². The molecule has 0 heterocycles. The van der Waals surface area contributed by atoms with Gasteiger partial charge in [0.1, 0.15) is 0 Å². The molecular weight excluding hydrogens is 316 g/mol. The molecule has 0 aliphatic carbocycles. The second-order valence-electron chi connectivity index (χ2n) is 4.76. The highest BCUT2D eigenvalue weighted by Crippen LogP contribution is 2.14. The van der Waals surface area contributed by atoms with Gasteiger partial charge in [0.25, 0.3) is 0 Å². The lowest BCUT2D eigenvalue weighted by Gasteiger charge is -2.18. The molecule has 23 heavy (non-hydrogen) atoms. The maximum atomic E-state index is 11.8. The SMILES string of the molecule is CCN(/C=C(/CNC=N)CC(=C/CNC)/N=C\NC)S(C)(=O)=O. The van der Waals surface area contributed by atoms with Gasteiger partial charge < -0.3 is 16.0 Å². The van der Waals surface area contributed by atoms with E-state index in [2.05, 4.69) is 20.9 Å². The number of nitrogens with one attached hydrogen (secondary N) is 4. The first-order chi connectivity index (χ1) is 10.9. The van der Waals surface area contributed by atoms with Crippen molar-refractivity contribution in [2.45, 2.75) is 13.3 Å². The summed E-state index contributed by atoms with van der Waals surface area (Å²) in [5.41, 5.74) is 1.62. The third-order valence-corrected chi connectivity index (χ3v) is 4.02. The van der Waals surface area contributed by atoms with Gasteiger partial charge >= 0.3 is 0 Å². The maximum absolute atomic E-state index is 11.8. The van der Waals surface area contributed by atoms with E-state index in [0.29, 0.717) is 26.1 Å². The lowest BCUT2D eigenvalue weighted by atomic mass is 10.1. The Morgan fingerprint density at radius 2 is 2.04 bits per heavy atom. The van der Waals surface area contributed by atoms with Gasteiger partial charge in [-0.25, -0.2) is 13.4 Å². The zero-order chi connectivity index (χ0) is 17.7. The molecule has 0 aromatic rings. The monoisotopic (exact) mass is 344 g/mol. The molecule has 0 aromatic carbocycles. The number of nitrogens with zero attached hydrogens (tertiary/aromatic N) is 2. The minimum atomic E-state index is -3.32. The van der Waals surface area contributed by atoms with Crippen molar-refractivity contribution in [3.05, 3.63) is 23.5 Å². The van der Waals surface area contributed by atoms with Crippen molar-refractivity contribution in [2.75, 3.05) is 40.0 Å². The Hall–Kier alpha value is -1.87. The first kappa shape index (κ1) is 21.1. The zero-order valence-corrected chi connectivity index (χ0v) is 15.1. The average molecular weight is 344 g/mol. The van der Waals surface area contributed by atoms with Gasteiger partial charge in [0.2, 0.25) is 10.0 Å². The molecule has 0 unspecified atom stereocenters. The first-order valence-electron chi connectivity index (χ1n) is 7.31. The Morgan fingerprint density at radius 1 is 1.35 bits per heavy atom. The molecule has 0 saturated carbocycles. The summed E-state index contributed by atoms with van der Waals surface area (Å²) in [5.74, 6) is 0. The molecule has 132 valence electrons. The average Bonchev–Trinajstić information content (AvgIpc) is 2.50. The Balaban J connectivity index is 5.42. The molecular formula is C14H28N6O2S. The number of sulfonamides is 1. The van der Waals surface area contributed by atoms with E-state index in [1.807, 2.05) is 13.1 Å². The van der Waals surface area contributed by atoms with Crippen LogP contribution in [-0.4, -0.2) is 65.4 Å². The lowest BCUT2D eigenvalue weighted by molar-refractivity contribution is 0.514. The van der Waals surface area contributed by atoms with Gasteiger partial charge in [0, 0.05) is 45.0 Å². The Morgan fingerprint density at radius 3 is 2.52 bits per heavy atom. The quantitative estimate of drug-likeness (QED) is 0.296. The smallest absolute Gasteiger partial charge is 0.231 e. The van der Waals surface area contributed by atoms with Crippen molar-refractivity contribution in [1.82, 2.24) is 20.3 Å². The standard InChI is InChI=1S/C14H28N6O2S/c1-5-20(23(4,21)22)10-13(9-18-11-15)8-14(6-7-16-2)19-12-17-3/h6,10-12,16H,5,7-9H2,1-4H3,(H2,15,18)(H,17,19)/b13-10+,14-6-. The number of likely N-dealkylation sites (N-methyl/N-ethyl adjacent to an activating group) is 1. The predicted molar refractivity (Wildman–Crippen MR) is 96.3 cm³/mol. The van der Waals surface area contributed by atoms with Gasteiger partial charge in [-0.3, -0.25) is 9.71 Å². The molecule has 0 aliphatic rings. The summed E-state index contributed by atoms with van der Waals surface area (Å²) in [7, 11) is 0.283. The minimum Gasteiger partial charge on any atom is -0.379 e. The molecule has 0 bridgehead atoms. The Kier molecular flexibility index (Phi) is 10.7. The highest BCUT2D eigenvalue weighted by Gasteiger charge is 2.12. The second-order valence-corrected chi connectivity index (χ2v) is 6.69. The van der Waals surface area contributed by atoms with Crippen LogP contribution >= 0.6 is 0 Å². The number of aliphatic imine (C=N–C) groups is 1. The molecule has 0 aromatic heterocycles. The van der Waals surface area contributed by atoms with E-state index in [1.54, 1.807) is 26.5 Å². The summed E-state index contributed by atoms with van der Waals surface area (Å²) in [4.78, 5) is 4.31. The van der Waals surface area contributed by atoms with Crippen LogP contribution in [0, 0.1) is 5.41 Å². The van der Waals surface area contributed by atoms with Crippen molar-refractivity contribution >= 4 is 22.7 Å². The van der Waals surface area contributed by atoms with Crippen LogP contribution in [0.5, 0.6) is 0 Å². The predicted octanol–water partition coefficient (Wildman–Crippen LogP) is 0.0896.